The number of carbonyl (C=O) groups is 1. The Labute approximate surface area is 172 Å². The zero-order valence-corrected chi connectivity index (χ0v) is 16.7. The summed E-state index contributed by atoms with van der Waals surface area (Å²) in [4.78, 5) is 23.2. The van der Waals surface area contributed by atoms with Gasteiger partial charge in [-0.2, -0.15) is 5.10 Å². The molecule has 3 aromatic heterocycles. The number of hydrogen-bond acceptors (Lipinski definition) is 5. The maximum Gasteiger partial charge on any atom is 0.273 e. The quantitative estimate of drug-likeness (QED) is 0.532. The monoisotopic (exact) mass is 404 g/mol. The molecule has 5 rings (SSSR count). The van der Waals surface area contributed by atoms with Gasteiger partial charge in [0.15, 0.2) is 11.5 Å². The normalized spacial score (nSPS) is 20.8. The summed E-state index contributed by atoms with van der Waals surface area (Å²) in [7, 11) is 1.72. The van der Waals surface area contributed by atoms with Gasteiger partial charge in [0, 0.05) is 49.4 Å². The molecule has 0 saturated heterocycles. The van der Waals surface area contributed by atoms with Crippen molar-refractivity contribution in [1.82, 2.24) is 25.1 Å². The van der Waals surface area contributed by atoms with Crippen LogP contribution in [-0.2, 0) is 0 Å². The maximum absolute atomic E-state index is 13.9. The number of anilines is 2. The lowest BCUT2D eigenvalue weighted by Gasteiger charge is -2.43. The van der Waals surface area contributed by atoms with Gasteiger partial charge in [0.25, 0.3) is 5.91 Å². The minimum atomic E-state index is -1.18. The average Bonchev–Trinajstić information content (AvgIpc) is 3.13. The van der Waals surface area contributed by atoms with Gasteiger partial charge in [0.1, 0.15) is 11.4 Å². The number of nitrogens with zero attached hydrogens (tertiary/aromatic N) is 4. The van der Waals surface area contributed by atoms with Crippen LogP contribution >= 0.6 is 0 Å². The third kappa shape index (κ3) is 3.14. The van der Waals surface area contributed by atoms with Crippen molar-refractivity contribution in [2.45, 2.75) is 31.5 Å². The molecule has 3 heterocycles. The van der Waals surface area contributed by atoms with Crippen molar-refractivity contribution in [3.05, 3.63) is 54.5 Å². The fourth-order valence-electron chi connectivity index (χ4n) is 4.04. The first kappa shape index (κ1) is 18.5. The second-order valence-corrected chi connectivity index (χ2v) is 8.08. The Morgan fingerprint density at radius 2 is 2.03 bits per heavy atom. The van der Waals surface area contributed by atoms with Crippen LogP contribution in [0.15, 0.2) is 48.8 Å². The van der Waals surface area contributed by atoms with Crippen molar-refractivity contribution in [3.8, 4) is 0 Å². The van der Waals surface area contributed by atoms with Gasteiger partial charge in [-0.25, -0.2) is 9.37 Å². The molecular weight excluding hydrogens is 383 g/mol. The Balaban J connectivity index is 1.43. The Morgan fingerprint density at radius 3 is 2.83 bits per heavy atom. The van der Waals surface area contributed by atoms with Crippen LogP contribution in [0.4, 0.5) is 15.9 Å². The molecule has 1 fully saturated rings. The molecule has 30 heavy (non-hydrogen) atoms. The van der Waals surface area contributed by atoms with Crippen LogP contribution in [0.3, 0.4) is 0 Å². The summed E-state index contributed by atoms with van der Waals surface area (Å²) in [5.74, 6) is 0.493. The number of H-pyrrole nitrogens is 1. The molecule has 0 bridgehead atoms. The van der Waals surface area contributed by atoms with E-state index in [1.165, 1.54) is 0 Å². The topological polar surface area (TPSA) is 86.8 Å². The Bertz CT molecular complexity index is 1260. The zero-order valence-electron chi connectivity index (χ0n) is 16.7. The third-order valence-corrected chi connectivity index (χ3v) is 5.76. The Hall–Kier alpha value is -3.55. The van der Waals surface area contributed by atoms with Gasteiger partial charge in [0.2, 0.25) is 0 Å². The first-order valence-electron chi connectivity index (χ1n) is 9.82. The lowest BCUT2D eigenvalue weighted by atomic mass is 9.78. The second-order valence-electron chi connectivity index (χ2n) is 8.08. The van der Waals surface area contributed by atoms with Crippen molar-refractivity contribution >= 4 is 39.2 Å². The molecule has 1 saturated carbocycles. The summed E-state index contributed by atoms with van der Waals surface area (Å²) in [6.07, 6.45) is 4.06. The molecule has 1 aliphatic carbocycles. The van der Waals surface area contributed by atoms with Crippen molar-refractivity contribution in [3.63, 3.8) is 0 Å². The molecular formula is C22H21FN6O. The number of pyridine rings is 2. The molecule has 152 valence electrons. The maximum atomic E-state index is 13.9. The van der Waals surface area contributed by atoms with Crippen LogP contribution in [0, 0.1) is 0 Å². The molecule has 1 aromatic carbocycles. The minimum Gasteiger partial charge on any atom is -0.338 e. The van der Waals surface area contributed by atoms with E-state index in [4.69, 9.17) is 0 Å². The van der Waals surface area contributed by atoms with E-state index < -0.39 is 5.67 Å². The summed E-state index contributed by atoms with van der Waals surface area (Å²) < 4.78 is 13.9. The standard InChI is InChI=1S/C22H21FN6O/c1-22(23)11-15(12-22)29(2)21(30)18-16-6-5-14(10-13(16)7-9-24-18)26-20-17-4-3-8-25-19(17)27-28-20/h3-10,15H,11-12H2,1-2H3,(H2,25,26,27,28). The predicted molar refractivity (Wildman–Crippen MR) is 114 cm³/mol. The second kappa shape index (κ2) is 6.76. The number of fused-ring (bicyclic) bond motifs is 2. The number of hydrogen-bond donors (Lipinski definition) is 2. The highest BCUT2D eigenvalue weighted by Crippen LogP contribution is 2.39. The van der Waals surface area contributed by atoms with E-state index in [9.17, 15) is 9.18 Å². The SMILES string of the molecule is CN(C(=O)c1nccc2cc(Nc3n[nH]c4ncccc34)ccc12)C1CC(C)(F)C1. The van der Waals surface area contributed by atoms with E-state index in [1.807, 2.05) is 36.4 Å². The van der Waals surface area contributed by atoms with E-state index >= 15 is 0 Å². The highest BCUT2D eigenvalue weighted by molar-refractivity contribution is 6.06. The molecule has 0 radical (unpaired) electrons. The van der Waals surface area contributed by atoms with Crippen molar-refractivity contribution in [2.24, 2.45) is 0 Å². The summed E-state index contributed by atoms with van der Waals surface area (Å²) >= 11 is 0. The van der Waals surface area contributed by atoms with Crippen LogP contribution in [0.1, 0.15) is 30.3 Å². The van der Waals surface area contributed by atoms with E-state index in [0.717, 1.165) is 21.8 Å². The molecule has 1 amide bonds. The average molecular weight is 404 g/mol. The van der Waals surface area contributed by atoms with Crippen LogP contribution < -0.4 is 5.32 Å². The van der Waals surface area contributed by atoms with Crippen LogP contribution in [0.25, 0.3) is 21.8 Å². The van der Waals surface area contributed by atoms with Gasteiger partial charge in [-0.05, 0) is 48.7 Å². The Kier molecular flexibility index (Phi) is 4.16. The summed E-state index contributed by atoms with van der Waals surface area (Å²) in [6, 6.07) is 11.3. The Morgan fingerprint density at radius 1 is 1.20 bits per heavy atom. The number of benzene rings is 1. The predicted octanol–water partition coefficient (Wildman–Crippen LogP) is 4.21. The molecule has 0 atom stereocenters. The molecule has 0 aliphatic heterocycles. The van der Waals surface area contributed by atoms with Crippen molar-refractivity contribution < 1.29 is 9.18 Å². The van der Waals surface area contributed by atoms with Crippen LogP contribution in [-0.4, -0.2) is 49.7 Å². The molecule has 4 aromatic rings. The fraction of sp³-hybridized carbons (Fsp3) is 0.273. The van der Waals surface area contributed by atoms with Gasteiger partial charge < -0.3 is 10.2 Å². The van der Waals surface area contributed by atoms with Gasteiger partial charge >= 0.3 is 0 Å². The number of halogens is 1. The molecule has 1 aliphatic rings. The van der Waals surface area contributed by atoms with E-state index in [-0.39, 0.29) is 11.9 Å². The number of aromatic amines is 1. The molecule has 7 nitrogen and oxygen atoms in total. The molecule has 2 N–H and O–H groups in total. The van der Waals surface area contributed by atoms with E-state index in [0.29, 0.717) is 30.0 Å². The highest BCUT2D eigenvalue weighted by atomic mass is 19.1. The van der Waals surface area contributed by atoms with Gasteiger partial charge in [0.05, 0.1) is 5.39 Å². The minimum absolute atomic E-state index is 0.0907. The largest absolute Gasteiger partial charge is 0.338 e. The number of aromatic nitrogens is 4. The smallest absolute Gasteiger partial charge is 0.273 e. The zero-order chi connectivity index (χ0) is 20.9. The van der Waals surface area contributed by atoms with Gasteiger partial charge in [-0.15, -0.1) is 0 Å². The number of nitrogens with one attached hydrogen (secondary N) is 2. The van der Waals surface area contributed by atoms with Crippen molar-refractivity contribution in [2.75, 3.05) is 12.4 Å². The molecule has 8 heteroatoms. The number of amides is 1. The summed E-state index contributed by atoms with van der Waals surface area (Å²) in [5.41, 5.74) is 0.743. The lowest BCUT2D eigenvalue weighted by molar-refractivity contribution is -0.000936. The van der Waals surface area contributed by atoms with Crippen molar-refractivity contribution in [1.29, 1.82) is 0 Å². The molecule has 0 unspecified atom stereocenters. The first-order chi connectivity index (χ1) is 14.4. The van der Waals surface area contributed by atoms with Gasteiger partial charge in [-0.1, -0.05) is 0 Å². The fourth-order valence-corrected chi connectivity index (χ4v) is 4.04. The van der Waals surface area contributed by atoms with Crippen LogP contribution in [0.5, 0.6) is 0 Å². The van der Waals surface area contributed by atoms with Crippen LogP contribution in [0.2, 0.25) is 0 Å². The number of alkyl halides is 1. The molecule has 0 spiro atoms. The summed E-state index contributed by atoms with van der Waals surface area (Å²) in [5, 5.41) is 13.0. The number of rotatable bonds is 4. The van der Waals surface area contributed by atoms with Gasteiger partial charge in [-0.3, -0.25) is 14.9 Å². The number of carbonyl (C=O) groups excluding carboxylic acids is 1. The van der Waals surface area contributed by atoms with E-state index in [2.05, 4.69) is 25.5 Å². The third-order valence-electron chi connectivity index (χ3n) is 5.76. The summed E-state index contributed by atoms with van der Waals surface area (Å²) in [6.45, 7) is 1.57. The lowest BCUT2D eigenvalue weighted by Crippen LogP contribution is -2.52. The first-order valence-corrected chi connectivity index (χ1v) is 9.82. The highest BCUT2D eigenvalue weighted by Gasteiger charge is 2.44. The van der Waals surface area contributed by atoms with E-state index in [1.54, 1.807) is 31.3 Å².